The monoisotopic (exact) mass is 444 g/mol. The predicted molar refractivity (Wildman–Crippen MR) is 117 cm³/mol. The smallest absolute Gasteiger partial charge is 0.267 e. The van der Waals surface area contributed by atoms with E-state index in [4.69, 9.17) is 0 Å². The molecule has 10 heteroatoms. The molecule has 2 aromatic carbocycles. The molecule has 1 N–H and O–H groups in total. The lowest BCUT2D eigenvalue weighted by Crippen LogP contribution is -2.35. The van der Waals surface area contributed by atoms with Crippen molar-refractivity contribution in [3.05, 3.63) is 69.3 Å². The van der Waals surface area contributed by atoms with Gasteiger partial charge in [-0.3, -0.25) is 14.9 Å². The maximum absolute atomic E-state index is 12.8. The summed E-state index contributed by atoms with van der Waals surface area (Å²) in [7, 11) is -3.66. The topological polar surface area (TPSA) is 122 Å². The number of hydrogen-bond donors (Lipinski definition) is 1. The van der Waals surface area contributed by atoms with E-state index in [1.807, 2.05) is 0 Å². The Balaban J connectivity index is 1.77. The van der Waals surface area contributed by atoms with E-state index in [1.165, 1.54) is 34.6 Å². The predicted octanol–water partition coefficient (Wildman–Crippen LogP) is 3.23. The fourth-order valence-electron chi connectivity index (χ4n) is 3.35. The molecule has 164 valence electrons. The van der Waals surface area contributed by atoms with Crippen molar-refractivity contribution in [2.75, 3.05) is 13.1 Å². The van der Waals surface area contributed by atoms with Crippen molar-refractivity contribution in [1.82, 2.24) is 9.73 Å². The number of nitro groups is 1. The largest absolute Gasteiger partial charge is 0.272 e. The van der Waals surface area contributed by atoms with Gasteiger partial charge in [0.2, 0.25) is 10.0 Å². The van der Waals surface area contributed by atoms with Crippen LogP contribution in [0.15, 0.2) is 52.5 Å². The van der Waals surface area contributed by atoms with Gasteiger partial charge in [-0.1, -0.05) is 24.6 Å². The zero-order valence-electron chi connectivity index (χ0n) is 17.4. The van der Waals surface area contributed by atoms with Crippen molar-refractivity contribution in [1.29, 1.82) is 0 Å². The Labute approximate surface area is 181 Å². The summed E-state index contributed by atoms with van der Waals surface area (Å²) < 4.78 is 27.1. The molecular weight excluding hydrogens is 420 g/mol. The molecule has 1 fully saturated rings. The Morgan fingerprint density at radius 3 is 2.48 bits per heavy atom. The van der Waals surface area contributed by atoms with Crippen molar-refractivity contribution < 1.29 is 18.1 Å². The summed E-state index contributed by atoms with van der Waals surface area (Å²) in [5, 5.41) is 15.1. The van der Waals surface area contributed by atoms with Crippen LogP contribution in [-0.4, -0.2) is 42.4 Å². The van der Waals surface area contributed by atoms with Crippen LogP contribution in [0.1, 0.15) is 47.7 Å². The lowest BCUT2D eigenvalue weighted by molar-refractivity contribution is -0.385. The van der Waals surface area contributed by atoms with Gasteiger partial charge in [0.05, 0.1) is 15.5 Å². The number of aryl methyl sites for hydroxylation is 1. The van der Waals surface area contributed by atoms with Crippen LogP contribution in [0.3, 0.4) is 0 Å². The van der Waals surface area contributed by atoms with Crippen molar-refractivity contribution >= 4 is 27.3 Å². The second-order valence-electron chi connectivity index (χ2n) is 7.39. The summed E-state index contributed by atoms with van der Waals surface area (Å²) in [5.74, 6) is -0.573. The summed E-state index contributed by atoms with van der Waals surface area (Å²) >= 11 is 0. The molecule has 1 amide bonds. The third-order valence-electron chi connectivity index (χ3n) is 5.20. The number of rotatable bonds is 6. The molecule has 3 rings (SSSR count). The van der Waals surface area contributed by atoms with Crippen molar-refractivity contribution in [2.24, 2.45) is 5.10 Å². The number of benzene rings is 2. The number of hydrogen-bond acceptors (Lipinski definition) is 6. The molecule has 1 aliphatic rings. The van der Waals surface area contributed by atoms with Crippen LogP contribution >= 0.6 is 0 Å². The Kier molecular flexibility index (Phi) is 6.81. The number of amides is 1. The van der Waals surface area contributed by atoms with E-state index in [1.54, 1.807) is 26.0 Å². The summed E-state index contributed by atoms with van der Waals surface area (Å²) in [6, 6.07) is 10.5. The van der Waals surface area contributed by atoms with Crippen LogP contribution < -0.4 is 5.43 Å². The molecule has 2 aromatic rings. The minimum atomic E-state index is -3.66. The summed E-state index contributed by atoms with van der Waals surface area (Å²) in [4.78, 5) is 23.2. The van der Waals surface area contributed by atoms with E-state index in [2.05, 4.69) is 10.5 Å². The van der Waals surface area contributed by atoms with Gasteiger partial charge < -0.3 is 0 Å². The van der Waals surface area contributed by atoms with Crippen LogP contribution in [0.25, 0.3) is 0 Å². The van der Waals surface area contributed by atoms with Gasteiger partial charge in [-0.25, -0.2) is 13.8 Å². The zero-order chi connectivity index (χ0) is 22.6. The Morgan fingerprint density at radius 2 is 1.81 bits per heavy atom. The van der Waals surface area contributed by atoms with E-state index in [-0.39, 0.29) is 16.1 Å². The third-order valence-corrected chi connectivity index (χ3v) is 7.09. The lowest BCUT2D eigenvalue weighted by atomic mass is 10.1. The van der Waals surface area contributed by atoms with Crippen LogP contribution in [0.2, 0.25) is 0 Å². The summed E-state index contributed by atoms with van der Waals surface area (Å²) in [6.07, 6.45) is 2.66. The normalized spacial score (nSPS) is 15.5. The summed E-state index contributed by atoms with van der Waals surface area (Å²) in [6.45, 7) is 4.21. The van der Waals surface area contributed by atoms with Gasteiger partial charge >= 0.3 is 0 Å². The molecule has 1 heterocycles. The fraction of sp³-hybridized carbons (Fsp3) is 0.333. The number of hydrazone groups is 1. The highest BCUT2D eigenvalue weighted by atomic mass is 32.2. The number of sulfonamides is 1. The Bertz CT molecular complexity index is 1140. The molecule has 0 aliphatic carbocycles. The molecule has 0 spiro atoms. The SMILES string of the molecule is CC(=NNC(=O)c1cccc(S(=O)(=O)N2CCCCC2)c1)c1ccc(C)c([N+](=O)[O-])c1. The second-order valence-corrected chi connectivity index (χ2v) is 9.33. The number of carbonyl (C=O) groups is 1. The van der Waals surface area contributed by atoms with E-state index in [0.29, 0.717) is 29.9 Å². The van der Waals surface area contributed by atoms with Gasteiger partial charge in [-0.15, -0.1) is 0 Å². The van der Waals surface area contributed by atoms with Crippen molar-refractivity contribution in [3.63, 3.8) is 0 Å². The molecule has 0 atom stereocenters. The molecule has 0 saturated carbocycles. The van der Waals surface area contributed by atoms with Gasteiger partial charge in [0.15, 0.2) is 0 Å². The third kappa shape index (κ3) is 5.15. The Hall–Kier alpha value is -3.11. The molecule has 9 nitrogen and oxygen atoms in total. The molecule has 31 heavy (non-hydrogen) atoms. The molecule has 0 bridgehead atoms. The fourth-order valence-corrected chi connectivity index (χ4v) is 4.91. The molecule has 1 saturated heterocycles. The number of carbonyl (C=O) groups excluding carboxylic acids is 1. The van der Waals surface area contributed by atoms with Gasteiger partial charge in [0, 0.05) is 35.8 Å². The molecule has 0 radical (unpaired) electrons. The van der Waals surface area contributed by atoms with Gasteiger partial charge in [0.25, 0.3) is 11.6 Å². The molecule has 1 aliphatic heterocycles. The molecular formula is C21H24N4O5S. The average Bonchev–Trinajstić information content (AvgIpc) is 2.78. The minimum absolute atomic E-state index is 0.0333. The first-order valence-electron chi connectivity index (χ1n) is 9.90. The number of piperidine rings is 1. The highest BCUT2D eigenvalue weighted by Gasteiger charge is 2.26. The molecule has 0 unspecified atom stereocenters. The highest BCUT2D eigenvalue weighted by molar-refractivity contribution is 7.89. The van der Waals surface area contributed by atoms with E-state index < -0.39 is 20.9 Å². The highest BCUT2D eigenvalue weighted by Crippen LogP contribution is 2.22. The van der Waals surface area contributed by atoms with Crippen LogP contribution in [0, 0.1) is 17.0 Å². The van der Waals surface area contributed by atoms with E-state index >= 15 is 0 Å². The van der Waals surface area contributed by atoms with Crippen LogP contribution in [0.5, 0.6) is 0 Å². The quantitative estimate of drug-likeness (QED) is 0.416. The maximum atomic E-state index is 12.8. The number of nitrogens with zero attached hydrogens (tertiary/aromatic N) is 3. The van der Waals surface area contributed by atoms with Crippen LogP contribution in [0.4, 0.5) is 5.69 Å². The maximum Gasteiger partial charge on any atom is 0.272 e. The van der Waals surface area contributed by atoms with Gasteiger partial charge in [-0.2, -0.15) is 9.41 Å². The van der Waals surface area contributed by atoms with E-state index in [9.17, 15) is 23.3 Å². The first-order valence-corrected chi connectivity index (χ1v) is 11.3. The average molecular weight is 445 g/mol. The van der Waals surface area contributed by atoms with Crippen LogP contribution in [-0.2, 0) is 10.0 Å². The van der Waals surface area contributed by atoms with Gasteiger partial charge in [-0.05, 0) is 44.9 Å². The Morgan fingerprint density at radius 1 is 1.10 bits per heavy atom. The summed E-state index contributed by atoms with van der Waals surface area (Å²) in [5.41, 5.74) is 3.92. The minimum Gasteiger partial charge on any atom is -0.267 e. The van der Waals surface area contributed by atoms with Gasteiger partial charge in [0.1, 0.15) is 0 Å². The second kappa shape index (κ2) is 9.36. The van der Waals surface area contributed by atoms with Crippen molar-refractivity contribution in [2.45, 2.75) is 38.0 Å². The molecule has 0 aromatic heterocycles. The zero-order valence-corrected chi connectivity index (χ0v) is 18.2. The van der Waals surface area contributed by atoms with Crippen molar-refractivity contribution in [3.8, 4) is 0 Å². The standard InChI is InChI=1S/C21H24N4O5S/c1-15-9-10-17(14-20(15)25(27)28)16(2)22-23-21(26)18-7-6-8-19(13-18)31(29,30)24-11-4-3-5-12-24/h6-10,13-14H,3-5,11-12H2,1-2H3,(H,23,26). The first-order chi connectivity index (χ1) is 14.7. The number of nitrogens with one attached hydrogen (secondary N) is 1. The lowest BCUT2D eigenvalue weighted by Gasteiger charge is -2.25. The first kappa shape index (κ1) is 22.6. The van der Waals surface area contributed by atoms with E-state index in [0.717, 1.165) is 19.3 Å². The number of nitro benzene ring substituents is 1.